The van der Waals surface area contributed by atoms with Gasteiger partial charge in [-0.05, 0) is 91.8 Å². The molecule has 2 heterocycles. The van der Waals surface area contributed by atoms with E-state index in [1.165, 1.54) is 12.1 Å². The number of benzene rings is 2. The van der Waals surface area contributed by atoms with Crippen molar-refractivity contribution in [1.82, 2.24) is 30.8 Å². The van der Waals surface area contributed by atoms with Crippen LogP contribution in [-0.2, 0) is 11.3 Å². The number of carbonyl (C=O) groups excluding carboxylic acids is 2. The van der Waals surface area contributed by atoms with E-state index in [0.717, 1.165) is 56.1 Å². The molecule has 1 aliphatic heterocycles. The molecular formula is C33H42FN7O2. The van der Waals surface area contributed by atoms with Crippen LogP contribution in [0.2, 0.25) is 0 Å². The second-order valence-electron chi connectivity index (χ2n) is 12.7. The van der Waals surface area contributed by atoms with Gasteiger partial charge in [-0.15, -0.1) is 10.2 Å². The molecule has 10 heteroatoms. The van der Waals surface area contributed by atoms with E-state index in [1.54, 1.807) is 12.1 Å². The standard InChI is InChI=1S/C33H42FN7O2/c1-6-8-27(22-9-11-23(12-10-22)30(42)35-20-28-37-39-40-38-28)41-31(43)29(24-17-21(3)18-26(34)19-24)36-33(41)15-13-25(14-16-33)32(4,5)7-2/h9-12,17-19,25,27H,6-8,13-16,20H2,1-5H3,(H,35,42)(H,37,38,39,40)/t25?,27-,33?/m1/s1. The predicted molar refractivity (Wildman–Crippen MR) is 163 cm³/mol. The zero-order valence-corrected chi connectivity index (χ0v) is 25.8. The van der Waals surface area contributed by atoms with Crippen LogP contribution in [0.3, 0.4) is 0 Å². The minimum Gasteiger partial charge on any atom is -0.345 e. The molecular weight excluding hydrogens is 545 g/mol. The first-order valence-electron chi connectivity index (χ1n) is 15.4. The molecule has 43 heavy (non-hydrogen) atoms. The van der Waals surface area contributed by atoms with Gasteiger partial charge in [0.2, 0.25) is 0 Å². The molecule has 5 rings (SSSR count). The number of amides is 2. The Morgan fingerprint density at radius 2 is 1.88 bits per heavy atom. The van der Waals surface area contributed by atoms with Crippen LogP contribution in [0.4, 0.5) is 4.39 Å². The van der Waals surface area contributed by atoms with Crippen molar-refractivity contribution in [3.63, 3.8) is 0 Å². The highest BCUT2D eigenvalue weighted by molar-refractivity contribution is 6.46. The van der Waals surface area contributed by atoms with E-state index < -0.39 is 5.66 Å². The first-order valence-corrected chi connectivity index (χ1v) is 15.4. The number of carbonyl (C=O) groups is 2. The molecule has 0 saturated heterocycles. The Hall–Kier alpha value is -3.95. The van der Waals surface area contributed by atoms with Gasteiger partial charge in [-0.3, -0.25) is 14.6 Å². The fourth-order valence-electron chi connectivity index (χ4n) is 6.70. The van der Waals surface area contributed by atoms with Gasteiger partial charge in [0.05, 0.1) is 12.6 Å². The number of hydrogen-bond acceptors (Lipinski definition) is 6. The first-order chi connectivity index (χ1) is 20.6. The van der Waals surface area contributed by atoms with Crippen LogP contribution in [-0.4, -0.2) is 48.7 Å². The van der Waals surface area contributed by atoms with Gasteiger partial charge in [-0.1, -0.05) is 57.9 Å². The molecule has 228 valence electrons. The predicted octanol–water partition coefficient (Wildman–Crippen LogP) is 6.07. The summed E-state index contributed by atoms with van der Waals surface area (Å²) in [5, 5.41) is 16.4. The number of aromatic amines is 1. The molecule has 0 radical (unpaired) electrons. The van der Waals surface area contributed by atoms with Gasteiger partial charge in [0.15, 0.2) is 5.82 Å². The number of nitrogens with one attached hydrogen (secondary N) is 2. The lowest BCUT2D eigenvalue weighted by molar-refractivity contribution is -0.133. The van der Waals surface area contributed by atoms with Gasteiger partial charge in [0.1, 0.15) is 17.2 Å². The molecule has 2 amide bonds. The van der Waals surface area contributed by atoms with Gasteiger partial charge in [0, 0.05) is 11.1 Å². The molecule has 2 aromatic carbocycles. The summed E-state index contributed by atoms with van der Waals surface area (Å²) in [6.07, 6.45) is 6.17. The van der Waals surface area contributed by atoms with Crippen LogP contribution in [0.1, 0.15) is 112 Å². The summed E-state index contributed by atoms with van der Waals surface area (Å²) in [6, 6.07) is 11.9. The molecule has 2 aliphatic rings. The van der Waals surface area contributed by atoms with Gasteiger partial charge in [0.25, 0.3) is 11.8 Å². The summed E-state index contributed by atoms with van der Waals surface area (Å²) >= 11 is 0. The molecule has 1 aliphatic carbocycles. The largest absolute Gasteiger partial charge is 0.345 e. The lowest BCUT2D eigenvalue weighted by Crippen LogP contribution is -2.51. The maximum absolute atomic E-state index is 14.5. The second-order valence-corrected chi connectivity index (χ2v) is 12.7. The van der Waals surface area contributed by atoms with Gasteiger partial charge < -0.3 is 10.2 Å². The highest BCUT2D eigenvalue weighted by Crippen LogP contribution is 2.50. The topological polar surface area (TPSA) is 116 Å². The number of aryl methyl sites for hydroxylation is 1. The molecule has 0 bridgehead atoms. The quantitative estimate of drug-likeness (QED) is 0.299. The third kappa shape index (κ3) is 6.24. The summed E-state index contributed by atoms with van der Waals surface area (Å²) in [5.74, 6) is 0.169. The normalized spacial score (nSPS) is 21.3. The Morgan fingerprint density at radius 3 is 2.49 bits per heavy atom. The number of aromatic nitrogens is 4. The maximum atomic E-state index is 14.5. The Labute approximate surface area is 252 Å². The number of hydrogen-bond donors (Lipinski definition) is 2. The lowest BCUT2D eigenvalue weighted by atomic mass is 9.67. The van der Waals surface area contributed by atoms with Crippen molar-refractivity contribution < 1.29 is 14.0 Å². The molecule has 2 N–H and O–H groups in total. The Balaban J connectivity index is 1.47. The average Bonchev–Trinajstić information content (AvgIpc) is 3.61. The maximum Gasteiger partial charge on any atom is 0.275 e. The Morgan fingerprint density at radius 1 is 1.16 bits per heavy atom. The molecule has 1 spiro atoms. The third-order valence-corrected chi connectivity index (χ3v) is 9.54. The zero-order valence-electron chi connectivity index (χ0n) is 25.8. The fraction of sp³-hybridized carbons (Fsp3) is 0.515. The number of halogens is 1. The van der Waals surface area contributed by atoms with Crippen molar-refractivity contribution in [2.24, 2.45) is 16.3 Å². The monoisotopic (exact) mass is 587 g/mol. The van der Waals surface area contributed by atoms with E-state index in [9.17, 15) is 14.0 Å². The summed E-state index contributed by atoms with van der Waals surface area (Å²) in [4.78, 5) is 34.4. The SMILES string of the molecule is CCC[C@H](c1ccc(C(=O)NCc2nn[nH]n2)cc1)N1C(=O)C(c2cc(C)cc(F)c2)=NC12CCC(C(C)(C)CC)CC2. The van der Waals surface area contributed by atoms with E-state index in [-0.39, 0.29) is 35.6 Å². The van der Waals surface area contributed by atoms with E-state index in [0.29, 0.717) is 28.6 Å². The van der Waals surface area contributed by atoms with Crippen molar-refractivity contribution in [2.45, 2.75) is 97.8 Å². The molecule has 1 saturated carbocycles. The second kappa shape index (κ2) is 12.3. The molecule has 1 aromatic heterocycles. The van der Waals surface area contributed by atoms with Crippen molar-refractivity contribution >= 4 is 17.5 Å². The fourth-order valence-corrected chi connectivity index (χ4v) is 6.70. The number of nitrogens with zero attached hydrogens (tertiary/aromatic N) is 5. The highest BCUT2D eigenvalue weighted by Gasteiger charge is 2.52. The summed E-state index contributed by atoms with van der Waals surface area (Å²) in [5.41, 5.74) is 2.60. The Bertz CT molecular complexity index is 1460. The molecule has 1 atom stereocenters. The van der Waals surface area contributed by atoms with Crippen molar-refractivity contribution in [1.29, 1.82) is 0 Å². The van der Waals surface area contributed by atoms with Gasteiger partial charge in [-0.25, -0.2) is 4.39 Å². The minimum atomic E-state index is -0.687. The van der Waals surface area contributed by atoms with Crippen molar-refractivity contribution in [2.75, 3.05) is 0 Å². The van der Waals surface area contributed by atoms with E-state index >= 15 is 0 Å². The van der Waals surface area contributed by atoms with Crippen molar-refractivity contribution in [3.05, 3.63) is 76.4 Å². The zero-order chi connectivity index (χ0) is 30.8. The van der Waals surface area contributed by atoms with E-state index in [4.69, 9.17) is 4.99 Å². The average molecular weight is 588 g/mol. The minimum absolute atomic E-state index is 0.154. The van der Waals surface area contributed by atoms with Crippen molar-refractivity contribution in [3.8, 4) is 0 Å². The van der Waals surface area contributed by atoms with Crippen LogP contribution in [0, 0.1) is 24.1 Å². The number of rotatable bonds is 10. The highest BCUT2D eigenvalue weighted by atomic mass is 19.1. The Kier molecular flexibility index (Phi) is 8.76. The van der Waals surface area contributed by atoms with Gasteiger partial charge >= 0.3 is 0 Å². The molecule has 3 aromatic rings. The smallest absolute Gasteiger partial charge is 0.275 e. The van der Waals surface area contributed by atoms with E-state index in [2.05, 4.69) is 53.6 Å². The van der Waals surface area contributed by atoms with Crippen LogP contribution >= 0.6 is 0 Å². The van der Waals surface area contributed by atoms with E-state index in [1.807, 2.05) is 30.0 Å². The molecule has 0 unspecified atom stereocenters. The first kappa shape index (κ1) is 30.5. The van der Waals surface area contributed by atoms with Crippen LogP contribution in [0.5, 0.6) is 0 Å². The molecule has 9 nitrogen and oxygen atoms in total. The van der Waals surface area contributed by atoms with Crippen LogP contribution in [0.15, 0.2) is 47.5 Å². The number of aliphatic imine (C=N–C) groups is 1. The third-order valence-electron chi connectivity index (χ3n) is 9.54. The number of tetrazole rings is 1. The van der Waals surface area contributed by atoms with Gasteiger partial charge in [-0.2, -0.15) is 5.21 Å². The lowest BCUT2D eigenvalue weighted by Gasteiger charge is -2.48. The summed E-state index contributed by atoms with van der Waals surface area (Å²) < 4.78 is 14.5. The van der Waals surface area contributed by atoms with Crippen LogP contribution in [0.25, 0.3) is 0 Å². The van der Waals surface area contributed by atoms with Crippen LogP contribution < -0.4 is 5.32 Å². The summed E-state index contributed by atoms with van der Waals surface area (Å²) in [7, 11) is 0. The number of H-pyrrole nitrogens is 1. The summed E-state index contributed by atoms with van der Waals surface area (Å²) in [6.45, 7) is 11.0. The molecule has 1 fully saturated rings.